The molecule has 0 spiro atoms. The Morgan fingerprint density at radius 1 is 0.929 bits per heavy atom. The normalized spacial score (nSPS) is 11.5. The Morgan fingerprint density at radius 3 is 2.25 bits per heavy atom. The summed E-state index contributed by atoms with van der Waals surface area (Å²) in [6.07, 6.45) is 0.292. The van der Waals surface area contributed by atoms with Gasteiger partial charge in [0.2, 0.25) is 5.91 Å². The van der Waals surface area contributed by atoms with Gasteiger partial charge in [0.15, 0.2) is 0 Å². The summed E-state index contributed by atoms with van der Waals surface area (Å²) in [7, 11) is 1.57. The third-order valence-electron chi connectivity index (χ3n) is 4.48. The van der Waals surface area contributed by atoms with Crippen molar-refractivity contribution < 1.29 is 14.3 Å². The number of carbonyl (C=O) groups is 2. The highest BCUT2D eigenvalue weighted by Gasteiger charge is 2.19. The van der Waals surface area contributed by atoms with Crippen LogP contribution in [0.3, 0.4) is 0 Å². The van der Waals surface area contributed by atoms with Gasteiger partial charge in [0, 0.05) is 12.0 Å². The number of amides is 2. The standard InChI is InChI=1S/C23H22N2O3/c1-28-20-9-5-6-16(14-20)15-21(22(24)26)25-23(27)19-12-10-18(11-13-19)17-7-3-2-4-8-17/h2-14,21H,15H2,1H3,(H2,24,26)(H,25,27)/t21-/m1/s1. The van der Waals surface area contributed by atoms with E-state index >= 15 is 0 Å². The van der Waals surface area contributed by atoms with Crippen LogP contribution in [0.25, 0.3) is 11.1 Å². The molecule has 5 nitrogen and oxygen atoms in total. The van der Waals surface area contributed by atoms with Crippen LogP contribution in [-0.2, 0) is 11.2 Å². The van der Waals surface area contributed by atoms with E-state index in [2.05, 4.69) is 5.32 Å². The minimum Gasteiger partial charge on any atom is -0.497 e. The van der Waals surface area contributed by atoms with Gasteiger partial charge in [-0.2, -0.15) is 0 Å². The topological polar surface area (TPSA) is 81.4 Å². The number of nitrogens with one attached hydrogen (secondary N) is 1. The zero-order valence-corrected chi connectivity index (χ0v) is 15.6. The van der Waals surface area contributed by atoms with Crippen molar-refractivity contribution >= 4 is 11.8 Å². The Labute approximate surface area is 164 Å². The van der Waals surface area contributed by atoms with E-state index in [0.717, 1.165) is 16.7 Å². The summed E-state index contributed by atoms with van der Waals surface area (Å²) >= 11 is 0. The molecule has 3 N–H and O–H groups in total. The van der Waals surface area contributed by atoms with Gasteiger partial charge in [0.05, 0.1) is 7.11 Å². The van der Waals surface area contributed by atoms with Crippen LogP contribution in [0.1, 0.15) is 15.9 Å². The average Bonchev–Trinajstić information content (AvgIpc) is 2.74. The third kappa shape index (κ3) is 4.76. The molecule has 2 amide bonds. The van der Waals surface area contributed by atoms with E-state index in [0.29, 0.717) is 17.7 Å². The van der Waals surface area contributed by atoms with Gasteiger partial charge < -0.3 is 15.8 Å². The second-order valence-electron chi connectivity index (χ2n) is 6.43. The van der Waals surface area contributed by atoms with Gasteiger partial charge in [-0.05, 0) is 41.0 Å². The monoisotopic (exact) mass is 374 g/mol. The fraction of sp³-hybridized carbons (Fsp3) is 0.130. The number of nitrogens with two attached hydrogens (primary N) is 1. The van der Waals surface area contributed by atoms with Crippen LogP contribution in [0.15, 0.2) is 78.9 Å². The minimum absolute atomic E-state index is 0.292. The quantitative estimate of drug-likeness (QED) is 0.666. The lowest BCUT2D eigenvalue weighted by atomic mass is 10.0. The molecule has 3 rings (SSSR count). The van der Waals surface area contributed by atoms with Crippen molar-refractivity contribution in [3.8, 4) is 16.9 Å². The number of ether oxygens (including phenoxy) is 1. The highest BCUT2D eigenvalue weighted by atomic mass is 16.5. The van der Waals surface area contributed by atoms with E-state index < -0.39 is 11.9 Å². The summed E-state index contributed by atoms with van der Waals surface area (Å²) in [6.45, 7) is 0. The molecular weight excluding hydrogens is 352 g/mol. The molecule has 0 unspecified atom stereocenters. The van der Waals surface area contributed by atoms with Crippen LogP contribution in [0.4, 0.5) is 0 Å². The largest absolute Gasteiger partial charge is 0.497 e. The van der Waals surface area contributed by atoms with E-state index in [9.17, 15) is 9.59 Å². The number of rotatable bonds is 7. The Bertz CT molecular complexity index is 953. The Morgan fingerprint density at radius 2 is 1.61 bits per heavy atom. The molecule has 1 atom stereocenters. The van der Waals surface area contributed by atoms with E-state index in [1.807, 2.05) is 66.7 Å². The smallest absolute Gasteiger partial charge is 0.251 e. The molecule has 0 saturated carbocycles. The number of hydrogen-bond acceptors (Lipinski definition) is 3. The van der Waals surface area contributed by atoms with Gasteiger partial charge in [-0.25, -0.2) is 0 Å². The van der Waals surface area contributed by atoms with Gasteiger partial charge in [0.1, 0.15) is 11.8 Å². The molecule has 142 valence electrons. The average molecular weight is 374 g/mol. The van der Waals surface area contributed by atoms with E-state index in [1.54, 1.807) is 19.2 Å². The predicted molar refractivity (Wildman–Crippen MR) is 109 cm³/mol. The molecule has 0 radical (unpaired) electrons. The fourth-order valence-electron chi connectivity index (χ4n) is 2.94. The summed E-state index contributed by atoms with van der Waals surface area (Å²) in [5.74, 6) is -0.244. The van der Waals surface area contributed by atoms with Crippen LogP contribution in [0, 0.1) is 0 Å². The zero-order valence-electron chi connectivity index (χ0n) is 15.6. The van der Waals surface area contributed by atoms with Gasteiger partial charge >= 0.3 is 0 Å². The van der Waals surface area contributed by atoms with E-state index in [1.165, 1.54) is 0 Å². The molecular formula is C23H22N2O3. The maximum absolute atomic E-state index is 12.6. The van der Waals surface area contributed by atoms with Crippen LogP contribution >= 0.6 is 0 Å². The maximum atomic E-state index is 12.6. The second kappa shape index (κ2) is 8.86. The number of methoxy groups -OCH3 is 1. The first-order valence-corrected chi connectivity index (χ1v) is 8.95. The first-order valence-electron chi connectivity index (χ1n) is 8.95. The second-order valence-corrected chi connectivity index (χ2v) is 6.43. The highest BCUT2D eigenvalue weighted by Crippen LogP contribution is 2.19. The minimum atomic E-state index is -0.812. The number of benzene rings is 3. The van der Waals surface area contributed by atoms with Gasteiger partial charge in [-0.3, -0.25) is 9.59 Å². The lowest BCUT2D eigenvalue weighted by molar-refractivity contribution is -0.119. The van der Waals surface area contributed by atoms with Crippen LogP contribution in [0.2, 0.25) is 0 Å². The molecule has 3 aromatic carbocycles. The maximum Gasteiger partial charge on any atom is 0.251 e. The van der Waals surface area contributed by atoms with Crippen LogP contribution in [-0.4, -0.2) is 25.0 Å². The Balaban J connectivity index is 1.71. The lowest BCUT2D eigenvalue weighted by Gasteiger charge is -2.16. The molecule has 0 aliphatic carbocycles. The lowest BCUT2D eigenvalue weighted by Crippen LogP contribution is -2.45. The molecule has 0 aromatic heterocycles. The number of hydrogen-bond donors (Lipinski definition) is 2. The first kappa shape index (κ1) is 19.2. The van der Waals surface area contributed by atoms with Gasteiger partial charge in [-0.1, -0.05) is 54.6 Å². The molecule has 0 saturated heterocycles. The summed E-state index contributed by atoms with van der Waals surface area (Å²) < 4.78 is 5.19. The summed E-state index contributed by atoms with van der Waals surface area (Å²) in [5, 5.41) is 2.72. The van der Waals surface area contributed by atoms with Gasteiger partial charge in [0.25, 0.3) is 5.91 Å². The molecule has 0 aliphatic rings. The molecule has 28 heavy (non-hydrogen) atoms. The Hall–Kier alpha value is -3.60. The van der Waals surface area contributed by atoms with Crippen LogP contribution < -0.4 is 15.8 Å². The SMILES string of the molecule is COc1cccc(C[C@@H](NC(=O)c2ccc(-c3ccccc3)cc2)C(N)=O)c1. The van der Waals surface area contributed by atoms with Crippen molar-refractivity contribution in [1.29, 1.82) is 0 Å². The van der Waals surface area contributed by atoms with Crippen molar-refractivity contribution in [1.82, 2.24) is 5.32 Å². The Kier molecular flexibility index (Phi) is 6.07. The van der Waals surface area contributed by atoms with E-state index in [4.69, 9.17) is 10.5 Å². The number of primary amides is 1. The molecule has 0 heterocycles. The van der Waals surface area contributed by atoms with Crippen molar-refractivity contribution in [3.63, 3.8) is 0 Å². The van der Waals surface area contributed by atoms with Crippen LogP contribution in [0.5, 0.6) is 5.75 Å². The zero-order chi connectivity index (χ0) is 19.9. The van der Waals surface area contributed by atoms with Crippen molar-refractivity contribution in [3.05, 3.63) is 90.0 Å². The molecule has 3 aromatic rings. The van der Waals surface area contributed by atoms with Gasteiger partial charge in [-0.15, -0.1) is 0 Å². The van der Waals surface area contributed by atoms with E-state index in [-0.39, 0.29) is 5.91 Å². The summed E-state index contributed by atoms with van der Waals surface area (Å²) in [6, 6.07) is 23.6. The van der Waals surface area contributed by atoms with Crippen molar-refractivity contribution in [2.75, 3.05) is 7.11 Å². The fourth-order valence-corrected chi connectivity index (χ4v) is 2.94. The first-order chi connectivity index (χ1) is 13.6. The third-order valence-corrected chi connectivity index (χ3v) is 4.48. The number of carbonyl (C=O) groups excluding carboxylic acids is 2. The molecule has 5 heteroatoms. The predicted octanol–water partition coefficient (Wildman–Crippen LogP) is 3.19. The molecule has 0 aliphatic heterocycles. The summed E-state index contributed by atoms with van der Waals surface area (Å²) in [4.78, 5) is 24.4. The van der Waals surface area contributed by atoms with Crippen molar-refractivity contribution in [2.45, 2.75) is 12.5 Å². The highest BCUT2D eigenvalue weighted by molar-refractivity contribution is 5.97. The molecule has 0 bridgehead atoms. The molecule has 0 fully saturated rings. The summed E-state index contributed by atoms with van der Waals surface area (Å²) in [5.41, 5.74) is 8.90. The van der Waals surface area contributed by atoms with Crippen molar-refractivity contribution in [2.24, 2.45) is 5.73 Å².